The average Bonchev–Trinajstić information content (AvgIpc) is 2.81. The number of nitrogens with one attached hydrogen (secondary N) is 3. The predicted octanol–water partition coefficient (Wildman–Crippen LogP) is 2.53. The Bertz CT molecular complexity index is 1260. The molecule has 32 heavy (non-hydrogen) atoms. The van der Waals surface area contributed by atoms with Gasteiger partial charge in [0.2, 0.25) is 10.0 Å². The maximum Gasteiger partial charge on any atom is 0.279 e. The van der Waals surface area contributed by atoms with Crippen LogP contribution in [0.4, 0.5) is 0 Å². The average molecular weight is 454 g/mol. The molecule has 3 rings (SSSR count). The highest BCUT2D eigenvalue weighted by Crippen LogP contribution is 2.21. The molecule has 0 saturated carbocycles. The van der Waals surface area contributed by atoms with Crippen molar-refractivity contribution in [2.45, 2.75) is 17.9 Å². The fourth-order valence-electron chi connectivity index (χ4n) is 2.85. The molecule has 0 spiro atoms. The minimum absolute atomic E-state index is 0.0594. The zero-order valence-electron chi connectivity index (χ0n) is 17.4. The van der Waals surface area contributed by atoms with Gasteiger partial charge in [-0.25, -0.2) is 13.1 Å². The van der Waals surface area contributed by atoms with E-state index in [0.717, 1.165) is 10.8 Å². The Labute approximate surface area is 186 Å². The number of hydrazine groups is 1. The third kappa shape index (κ3) is 5.71. The van der Waals surface area contributed by atoms with E-state index in [2.05, 4.69) is 22.2 Å². The molecule has 3 N–H and O–H groups in total. The normalized spacial score (nSPS) is 12.0. The minimum atomic E-state index is -3.78. The summed E-state index contributed by atoms with van der Waals surface area (Å²) in [5.41, 5.74) is 4.62. The van der Waals surface area contributed by atoms with Crippen molar-refractivity contribution < 1.29 is 22.7 Å². The summed E-state index contributed by atoms with van der Waals surface area (Å²) < 4.78 is 32.4. The predicted molar refractivity (Wildman–Crippen MR) is 121 cm³/mol. The van der Waals surface area contributed by atoms with Gasteiger partial charge in [0.15, 0.2) is 6.10 Å². The molecule has 2 amide bonds. The molecule has 0 aromatic heterocycles. The first-order valence-electron chi connectivity index (χ1n) is 9.76. The van der Waals surface area contributed by atoms with Gasteiger partial charge in [0.1, 0.15) is 5.75 Å². The van der Waals surface area contributed by atoms with E-state index in [1.54, 1.807) is 13.0 Å². The number of carbonyl (C=O) groups excluding carboxylic acids is 2. The summed E-state index contributed by atoms with van der Waals surface area (Å²) in [6, 6.07) is 18.7. The van der Waals surface area contributed by atoms with Gasteiger partial charge in [-0.1, -0.05) is 42.5 Å². The van der Waals surface area contributed by atoms with Crippen LogP contribution in [-0.4, -0.2) is 32.9 Å². The Morgan fingerprint density at radius 1 is 1.00 bits per heavy atom. The maximum absolute atomic E-state index is 12.4. The summed E-state index contributed by atoms with van der Waals surface area (Å²) in [5.74, 6) is -0.720. The molecule has 0 aliphatic carbocycles. The van der Waals surface area contributed by atoms with E-state index in [0.29, 0.717) is 5.75 Å². The van der Waals surface area contributed by atoms with E-state index >= 15 is 0 Å². The highest BCUT2D eigenvalue weighted by molar-refractivity contribution is 7.89. The summed E-state index contributed by atoms with van der Waals surface area (Å²) in [6.07, 6.45) is 0.524. The first-order chi connectivity index (χ1) is 15.3. The number of sulfonamides is 1. The largest absolute Gasteiger partial charge is 0.481 e. The molecule has 0 bridgehead atoms. The lowest BCUT2D eigenvalue weighted by molar-refractivity contribution is -0.128. The topological polar surface area (TPSA) is 114 Å². The van der Waals surface area contributed by atoms with Crippen LogP contribution in [0.3, 0.4) is 0 Å². The Kier molecular flexibility index (Phi) is 7.24. The zero-order chi connectivity index (χ0) is 23.1. The summed E-state index contributed by atoms with van der Waals surface area (Å²) >= 11 is 0. The summed E-state index contributed by atoms with van der Waals surface area (Å²) in [4.78, 5) is 24.6. The first-order valence-corrected chi connectivity index (χ1v) is 11.2. The molecule has 3 aromatic carbocycles. The van der Waals surface area contributed by atoms with Gasteiger partial charge in [0, 0.05) is 12.1 Å². The second-order valence-electron chi connectivity index (χ2n) is 6.88. The van der Waals surface area contributed by atoms with Crippen molar-refractivity contribution in [3.8, 4) is 5.75 Å². The number of benzene rings is 3. The van der Waals surface area contributed by atoms with Gasteiger partial charge < -0.3 is 4.74 Å². The highest BCUT2D eigenvalue weighted by atomic mass is 32.2. The second-order valence-corrected chi connectivity index (χ2v) is 8.65. The Hall–Kier alpha value is -3.69. The summed E-state index contributed by atoms with van der Waals surface area (Å²) in [6.45, 7) is 5.07. The van der Waals surface area contributed by atoms with Crippen LogP contribution in [0.2, 0.25) is 0 Å². The lowest BCUT2D eigenvalue weighted by atomic mass is 10.1. The van der Waals surface area contributed by atoms with Gasteiger partial charge >= 0.3 is 0 Å². The molecule has 8 nitrogen and oxygen atoms in total. The van der Waals surface area contributed by atoms with Crippen LogP contribution in [0.25, 0.3) is 10.8 Å². The standard InChI is InChI=1S/C23H23N3O5S/c1-3-13-24-32(29,30)21-10-6-9-19(15-21)23(28)26-25-22(27)16(2)31-20-12-11-17-7-4-5-8-18(17)14-20/h3-12,14-16,24H,1,13H2,2H3,(H,25,27)(H,26,28). The molecular formula is C23H23N3O5S. The van der Waals surface area contributed by atoms with Crippen LogP contribution in [0.5, 0.6) is 5.75 Å². The van der Waals surface area contributed by atoms with E-state index in [-0.39, 0.29) is 17.0 Å². The number of amides is 2. The van der Waals surface area contributed by atoms with Gasteiger partial charge in [-0.15, -0.1) is 6.58 Å². The number of hydrogen-bond acceptors (Lipinski definition) is 5. The van der Waals surface area contributed by atoms with E-state index in [9.17, 15) is 18.0 Å². The molecule has 0 aliphatic heterocycles. The molecule has 166 valence electrons. The smallest absolute Gasteiger partial charge is 0.279 e. The number of fused-ring (bicyclic) bond motifs is 1. The van der Waals surface area contributed by atoms with Crippen molar-refractivity contribution in [2.75, 3.05) is 6.54 Å². The number of rotatable bonds is 8. The van der Waals surface area contributed by atoms with Crippen molar-refractivity contribution in [1.82, 2.24) is 15.6 Å². The third-order valence-corrected chi connectivity index (χ3v) is 5.95. The van der Waals surface area contributed by atoms with Crippen molar-refractivity contribution in [2.24, 2.45) is 0 Å². The molecule has 1 unspecified atom stereocenters. The number of carbonyl (C=O) groups is 2. The van der Waals surface area contributed by atoms with Gasteiger partial charge in [-0.3, -0.25) is 20.4 Å². The summed E-state index contributed by atoms with van der Waals surface area (Å²) in [5, 5.41) is 2.02. The monoisotopic (exact) mass is 453 g/mol. The Morgan fingerprint density at radius 2 is 1.75 bits per heavy atom. The fraction of sp³-hybridized carbons (Fsp3) is 0.130. The number of hydrogen-bond donors (Lipinski definition) is 3. The van der Waals surface area contributed by atoms with E-state index < -0.39 is 27.9 Å². The lowest BCUT2D eigenvalue weighted by Gasteiger charge is -2.15. The van der Waals surface area contributed by atoms with E-state index in [4.69, 9.17) is 4.74 Å². The third-order valence-electron chi connectivity index (χ3n) is 4.53. The van der Waals surface area contributed by atoms with Crippen LogP contribution in [0.15, 0.2) is 84.3 Å². The van der Waals surface area contributed by atoms with Gasteiger partial charge in [-0.2, -0.15) is 0 Å². The minimum Gasteiger partial charge on any atom is -0.481 e. The van der Waals surface area contributed by atoms with Crippen molar-refractivity contribution in [1.29, 1.82) is 0 Å². The van der Waals surface area contributed by atoms with Crippen LogP contribution >= 0.6 is 0 Å². The molecule has 0 heterocycles. The second kappa shape index (κ2) is 10.1. The Balaban J connectivity index is 1.59. The van der Waals surface area contributed by atoms with Gasteiger partial charge in [0.05, 0.1) is 4.90 Å². The van der Waals surface area contributed by atoms with Crippen LogP contribution in [-0.2, 0) is 14.8 Å². The van der Waals surface area contributed by atoms with Crippen molar-refractivity contribution in [3.05, 3.63) is 84.9 Å². The molecule has 0 fully saturated rings. The maximum atomic E-state index is 12.4. The molecule has 0 radical (unpaired) electrons. The van der Waals surface area contributed by atoms with Gasteiger partial charge in [-0.05, 0) is 48.0 Å². The van der Waals surface area contributed by atoms with Crippen molar-refractivity contribution in [3.63, 3.8) is 0 Å². The van der Waals surface area contributed by atoms with Gasteiger partial charge in [0.25, 0.3) is 11.8 Å². The van der Waals surface area contributed by atoms with Crippen LogP contribution in [0.1, 0.15) is 17.3 Å². The van der Waals surface area contributed by atoms with Crippen molar-refractivity contribution >= 4 is 32.6 Å². The highest BCUT2D eigenvalue weighted by Gasteiger charge is 2.18. The molecule has 1 atom stereocenters. The molecular weight excluding hydrogens is 430 g/mol. The fourth-order valence-corrected chi connectivity index (χ4v) is 3.89. The SMILES string of the molecule is C=CCNS(=O)(=O)c1cccc(C(=O)NNC(=O)C(C)Oc2ccc3ccccc3c2)c1. The van der Waals surface area contributed by atoms with Crippen LogP contribution < -0.4 is 20.3 Å². The van der Waals surface area contributed by atoms with E-state index in [1.807, 2.05) is 36.4 Å². The quantitative estimate of drug-likeness (QED) is 0.358. The lowest BCUT2D eigenvalue weighted by Crippen LogP contribution is -2.47. The van der Waals surface area contributed by atoms with Crippen LogP contribution in [0, 0.1) is 0 Å². The number of ether oxygens (including phenoxy) is 1. The Morgan fingerprint density at radius 3 is 2.50 bits per heavy atom. The summed E-state index contributed by atoms with van der Waals surface area (Å²) in [7, 11) is -3.78. The molecule has 3 aromatic rings. The zero-order valence-corrected chi connectivity index (χ0v) is 18.2. The van der Waals surface area contributed by atoms with E-state index in [1.165, 1.54) is 30.3 Å². The molecule has 9 heteroatoms. The molecule has 0 saturated heterocycles. The first kappa shape index (κ1) is 23.0. The molecule has 0 aliphatic rings.